The maximum absolute atomic E-state index is 5.71. The Morgan fingerprint density at radius 2 is 1.52 bits per heavy atom. The van der Waals surface area contributed by atoms with Crippen LogP contribution >= 0.6 is 0 Å². The van der Waals surface area contributed by atoms with Gasteiger partial charge in [-0.05, 0) is 30.7 Å². The average Bonchev–Trinajstić information content (AvgIpc) is 3.43. The molecule has 0 N–H and O–H groups in total. The Balaban J connectivity index is 1.29. The maximum Gasteiger partial charge on any atom is 0.122 e. The van der Waals surface area contributed by atoms with Crippen LogP contribution in [0.25, 0.3) is 0 Å². The molecular weight excluding hydrogens is 300 g/mol. The quantitative estimate of drug-likeness (QED) is 0.430. The third-order valence-corrected chi connectivity index (χ3v) is 3.54. The van der Waals surface area contributed by atoms with Crippen LogP contribution in [0.2, 0.25) is 0 Å². The summed E-state index contributed by atoms with van der Waals surface area (Å²) in [4.78, 5) is 0. The fourth-order valence-corrected chi connectivity index (χ4v) is 2.06. The lowest BCUT2D eigenvalue weighted by Crippen LogP contribution is -2.11. The molecule has 2 heterocycles. The maximum atomic E-state index is 5.71. The smallest absolute Gasteiger partial charge is 0.122 e. The van der Waals surface area contributed by atoms with Crippen molar-refractivity contribution in [2.45, 2.75) is 19.1 Å². The Labute approximate surface area is 136 Å². The van der Waals surface area contributed by atoms with Crippen molar-refractivity contribution in [3.63, 3.8) is 0 Å². The number of hydrogen-bond acceptors (Lipinski definition) is 6. The van der Waals surface area contributed by atoms with Crippen LogP contribution in [0.3, 0.4) is 0 Å². The molecule has 2 aliphatic rings. The molecular formula is C17H24O6. The third-order valence-electron chi connectivity index (χ3n) is 3.54. The molecule has 2 aliphatic heterocycles. The van der Waals surface area contributed by atoms with Crippen LogP contribution in [0.4, 0.5) is 0 Å². The summed E-state index contributed by atoms with van der Waals surface area (Å²) >= 11 is 0. The van der Waals surface area contributed by atoms with Gasteiger partial charge in [0.05, 0.1) is 39.6 Å². The minimum absolute atomic E-state index is 0.300. The molecule has 2 saturated heterocycles. The van der Waals surface area contributed by atoms with Crippen LogP contribution in [0.1, 0.15) is 5.56 Å². The average molecular weight is 324 g/mol. The first-order valence-corrected chi connectivity index (χ1v) is 8.06. The molecule has 1 aromatic rings. The molecule has 6 heteroatoms. The molecule has 2 atom stereocenters. The van der Waals surface area contributed by atoms with Crippen molar-refractivity contribution in [1.29, 1.82) is 0 Å². The highest BCUT2D eigenvalue weighted by atomic mass is 16.6. The van der Waals surface area contributed by atoms with Gasteiger partial charge in [-0.15, -0.1) is 0 Å². The van der Waals surface area contributed by atoms with E-state index in [1.807, 2.05) is 25.1 Å². The van der Waals surface area contributed by atoms with E-state index in [1.165, 1.54) is 0 Å². The molecule has 0 aromatic heterocycles. The number of aryl methyl sites for hydroxylation is 1. The van der Waals surface area contributed by atoms with E-state index in [0.717, 1.165) is 30.3 Å². The molecule has 128 valence electrons. The molecule has 0 bridgehead atoms. The Morgan fingerprint density at radius 1 is 0.913 bits per heavy atom. The van der Waals surface area contributed by atoms with E-state index < -0.39 is 0 Å². The zero-order chi connectivity index (χ0) is 15.9. The van der Waals surface area contributed by atoms with Crippen LogP contribution in [-0.4, -0.2) is 65.1 Å². The summed E-state index contributed by atoms with van der Waals surface area (Å²) in [5.41, 5.74) is 1.04. The van der Waals surface area contributed by atoms with Gasteiger partial charge in [-0.25, -0.2) is 0 Å². The lowest BCUT2D eigenvalue weighted by Gasteiger charge is -2.12. The molecule has 2 fully saturated rings. The number of epoxide rings is 2. The largest absolute Gasteiger partial charge is 0.491 e. The van der Waals surface area contributed by atoms with Gasteiger partial charge in [0, 0.05) is 0 Å². The summed E-state index contributed by atoms with van der Waals surface area (Å²) in [5.74, 6) is 1.68. The van der Waals surface area contributed by atoms with E-state index in [0.29, 0.717) is 51.8 Å². The summed E-state index contributed by atoms with van der Waals surface area (Å²) in [6, 6.07) is 5.80. The highest BCUT2D eigenvalue weighted by Crippen LogP contribution is 2.23. The predicted molar refractivity (Wildman–Crippen MR) is 83.3 cm³/mol. The van der Waals surface area contributed by atoms with Gasteiger partial charge >= 0.3 is 0 Å². The van der Waals surface area contributed by atoms with E-state index in [4.69, 9.17) is 28.4 Å². The molecule has 0 radical (unpaired) electrons. The lowest BCUT2D eigenvalue weighted by molar-refractivity contribution is 0.0866. The predicted octanol–water partition coefficient (Wildman–Crippen LogP) is 1.58. The van der Waals surface area contributed by atoms with Gasteiger partial charge in [-0.2, -0.15) is 0 Å². The SMILES string of the molecule is Cc1cc(OCCOCC2CO2)ccc1OCCOCC1CO1. The van der Waals surface area contributed by atoms with Crippen molar-refractivity contribution in [3.8, 4) is 11.5 Å². The molecule has 23 heavy (non-hydrogen) atoms. The minimum atomic E-state index is 0.300. The van der Waals surface area contributed by atoms with Gasteiger partial charge in [-0.1, -0.05) is 0 Å². The van der Waals surface area contributed by atoms with Gasteiger partial charge in [-0.3, -0.25) is 0 Å². The first kappa shape index (κ1) is 16.5. The highest BCUT2D eigenvalue weighted by Gasteiger charge is 2.22. The second kappa shape index (κ2) is 8.49. The standard InChI is InChI=1S/C17H24O6/c1-13-8-14(20-6-4-18-9-15-11-22-15)2-3-17(13)21-7-5-19-10-16-12-23-16/h2-3,8,15-16H,4-7,9-12H2,1H3. The Morgan fingerprint density at radius 3 is 2.09 bits per heavy atom. The second-order valence-electron chi connectivity index (χ2n) is 5.68. The summed E-state index contributed by atoms with van der Waals surface area (Å²) in [7, 11) is 0. The van der Waals surface area contributed by atoms with E-state index in [2.05, 4.69) is 0 Å². The van der Waals surface area contributed by atoms with Gasteiger partial charge in [0.2, 0.25) is 0 Å². The van der Waals surface area contributed by atoms with Crippen molar-refractivity contribution in [2.75, 3.05) is 52.9 Å². The third kappa shape index (κ3) is 6.35. The van der Waals surface area contributed by atoms with Crippen molar-refractivity contribution >= 4 is 0 Å². The Bertz CT molecular complexity index is 484. The molecule has 3 rings (SSSR count). The van der Waals surface area contributed by atoms with E-state index >= 15 is 0 Å². The Hall–Kier alpha value is -1.34. The van der Waals surface area contributed by atoms with Crippen LogP contribution in [-0.2, 0) is 18.9 Å². The number of benzene rings is 1. The zero-order valence-electron chi connectivity index (χ0n) is 13.5. The molecule has 0 aliphatic carbocycles. The molecule has 0 saturated carbocycles. The lowest BCUT2D eigenvalue weighted by atomic mass is 10.2. The first-order chi connectivity index (χ1) is 11.3. The number of hydrogen-bond donors (Lipinski definition) is 0. The van der Waals surface area contributed by atoms with Crippen LogP contribution in [0.5, 0.6) is 11.5 Å². The summed E-state index contributed by atoms with van der Waals surface area (Å²) in [6.07, 6.45) is 0.600. The van der Waals surface area contributed by atoms with Crippen molar-refractivity contribution < 1.29 is 28.4 Å². The fraction of sp³-hybridized carbons (Fsp3) is 0.647. The van der Waals surface area contributed by atoms with Crippen molar-refractivity contribution in [2.24, 2.45) is 0 Å². The van der Waals surface area contributed by atoms with E-state index in [1.54, 1.807) is 0 Å². The van der Waals surface area contributed by atoms with Gasteiger partial charge in [0.1, 0.15) is 36.9 Å². The summed E-state index contributed by atoms with van der Waals surface area (Å²) < 4.78 is 32.4. The van der Waals surface area contributed by atoms with E-state index in [9.17, 15) is 0 Å². The number of rotatable bonds is 12. The molecule has 1 aromatic carbocycles. The van der Waals surface area contributed by atoms with Crippen LogP contribution < -0.4 is 9.47 Å². The van der Waals surface area contributed by atoms with Crippen molar-refractivity contribution in [1.82, 2.24) is 0 Å². The summed E-state index contributed by atoms with van der Waals surface area (Å²) in [6.45, 7) is 7.16. The normalized spacial score (nSPS) is 22.0. The van der Waals surface area contributed by atoms with Crippen LogP contribution in [0, 0.1) is 6.92 Å². The highest BCUT2D eigenvalue weighted by molar-refractivity contribution is 5.39. The van der Waals surface area contributed by atoms with Gasteiger partial charge in [0.25, 0.3) is 0 Å². The molecule has 6 nitrogen and oxygen atoms in total. The number of ether oxygens (including phenoxy) is 6. The zero-order valence-corrected chi connectivity index (χ0v) is 13.5. The monoisotopic (exact) mass is 324 g/mol. The summed E-state index contributed by atoms with van der Waals surface area (Å²) in [5, 5.41) is 0. The van der Waals surface area contributed by atoms with Gasteiger partial charge in [0.15, 0.2) is 0 Å². The second-order valence-corrected chi connectivity index (χ2v) is 5.68. The van der Waals surface area contributed by atoms with Crippen molar-refractivity contribution in [3.05, 3.63) is 23.8 Å². The molecule has 0 amide bonds. The first-order valence-electron chi connectivity index (χ1n) is 8.06. The Kier molecular flexibility index (Phi) is 6.10. The fourth-order valence-electron chi connectivity index (χ4n) is 2.06. The molecule has 0 spiro atoms. The van der Waals surface area contributed by atoms with Crippen LogP contribution in [0.15, 0.2) is 18.2 Å². The minimum Gasteiger partial charge on any atom is -0.491 e. The van der Waals surface area contributed by atoms with E-state index in [-0.39, 0.29) is 0 Å². The van der Waals surface area contributed by atoms with Gasteiger partial charge < -0.3 is 28.4 Å². The topological polar surface area (TPSA) is 62.0 Å². The molecule has 2 unspecified atom stereocenters.